The van der Waals surface area contributed by atoms with Gasteiger partial charge in [-0.15, -0.1) is 0 Å². The number of methoxy groups -OCH3 is 4. The molecule has 0 saturated carbocycles. The molecule has 0 unspecified atom stereocenters. The second-order valence-corrected chi connectivity index (χ2v) is 8.10. The van der Waals surface area contributed by atoms with Crippen molar-refractivity contribution in [1.29, 1.82) is 0 Å². The summed E-state index contributed by atoms with van der Waals surface area (Å²) in [5.41, 5.74) is 2.47. The Labute approximate surface area is 204 Å². The fourth-order valence-electron chi connectivity index (χ4n) is 4.55. The Morgan fingerprint density at radius 3 is 2.06 bits per heavy atom. The summed E-state index contributed by atoms with van der Waals surface area (Å²) in [5.74, 6) is 0.886. The first-order valence-electron chi connectivity index (χ1n) is 11.0. The molecule has 4 rings (SSSR count). The van der Waals surface area contributed by atoms with Crippen LogP contribution in [0.4, 0.5) is 5.69 Å². The lowest BCUT2D eigenvalue weighted by Crippen LogP contribution is -2.44. The van der Waals surface area contributed by atoms with Crippen molar-refractivity contribution >= 4 is 17.5 Å². The molecule has 0 radical (unpaired) electrons. The molecule has 3 aromatic carbocycles. The molecule has 3 aromatic rings. The number of hydrogen-bond acceptors (Lipinski definition) is 6. The summed E-state index contributed by atoms with van der Waals surface area (Å²) in [4.78, 5) is 28.7. The Morgan fingerprint density at radius 2 is 1.49 bits per heavy atom. The van der Waals surface area contributed by atoms with Gasteiger partial charge in [-0.2, -0.15) is 0 Å². The van der Waals surface area contributed by atoms with Gasteiger partial charge < -0.3 is 29.2 Å². The molecule has 8 heteroatoms. The molecule has 0 bridgehead atoms. The van der Waals surface area contributed by atoms with E-state index in [0.717, 1.165) is 5.56 Å². The number of nitrogens with zero attached hydrogens (tertiary/aromatic N) is 1. The Morgan fingerprint density at radius 1 is 0.857 bits per heavy atom. The average molecular weight is 477 g/mol. The van der Waals surface area contributed by atoms with Crippen LogP contribution in [0.1, 0.15) is 33.4 Å². The SMILES string of the molecule is COc1ccc([C@H]2[C@@H](C(=O)Nc3cc(OC)c(OC)c(OC)c3)c3ccccc3C(=O)N2C)cc1. The quantitative estimate of drug-likeness (QED) is 0.548. The highest BCUT2D eigenvalue weighted by atomic mass is 16.5. The van der Waals surface area contributed by atoms with Crippen molar-refractivity contribution in [2.45, 2.75) is 12.0 Å². The molecule has 0 aliphatic carbocycles. The normalized spacial score (nSPS) is 16.8. The minimum Gasteiger partial charge on any atom is -0.497 e. The van der Waals surface area contributed by atoms with Gasteiger partial charge in [-0.25, -0.2) is 0 Å². The first-order chi connectivity index (χ1) is 16.9. The third-order valence-electron chi connectivity index (χ3n) is 6.25. The number of benzene rings is 3. The fourth-order valence-corrected chi connectivity index (χ4v) is 4.55. The van der Waals surface area contributed by atoms with Crippen molar-refractivity contribution < 1.29 is 28.5 Å². The number of likely N-dealkylation sites (N-methyl/N-ethyl adjacent to an activating group) is 1. The molecule has 8 nitrogen and oxygen atoms in total. The Balaban J connectivity index is 1.79. The van der Waals surface area contributed by atoms with E-state index in [1.165, 1.54) is 21.3 Å². The van der Waals surface area contributed by atoms with Crippen LogP contribution in [0.2, 0.25) is 0 Å². The Kier molecular flexibility index (Phi) is 6.82. The molecule has 35 heavy (non-hydrogen) atoms. The molecule has 2 amide bonds. The van der Waals surface area contributed by atoms with Crippen LogP contribution in [0.3, 0.4) is 0 Å². The van der Waals surface area contributed by atoms with E-state index in [4.69, 9.17) is 18.9 Å². The van der Waals surface area contributed by atoms with Gasteiger partial charge in [-0.1, -0.05) is 30.3 Å². The summed E-state index contributed by atoms with van der Waals surface area (Å²) in [6.45, 7) is 0. The van der Waals surface area contributed by atoms with E-state index in [1.54, 1.807) is 43.3 Å². The molecule has 0 fully saturated rings. The number of carbonyl (C=O) groups is 2. The minimum absolute atomic E-state index is 0.141. The van der Waals surface area contributed by atoms with Crippen LogP contribution in [0.15, 0.2) is 60.7 Å². The summed E-state index contributed by atoms with van der Waals surface area (Å²) in [7, 11) is 7.85. The summed E-state index contributed by atoms with van der Waals surface area (Å²) < 4.78 is 21.5. The van der Waals surface area contributed by atoms with Gasteiger partial charge in [0.2, 0.25) is 11.7 Å². The van der Waals surface area contributed by atoms with Crippen LogP contribution in [0.25, 0.3) is 0 Å². The monoisotopic (exact) mass is 476 g/mol. The lowest BCUT2D eigenvalue weighted by atomic mass is 9.79. The highest BCUT2D eigenvalue weighted by Crippen LogP contribution is 2.44. The summed E-state index contributed by atoms with van der Waals surface area (Å²) in [5, 5.41) is 2.99. The van der Waals surface area contributed by atoms with Gasteiger partial charge in [0, 0.05) is 30.4 Å². The van der Waals surface area contributed by atoms with Crippen molar-refractivity contribution in [2.24, 2.45) is 0 Å². The molecule has 1 aliphatic heterocycles. The summed E-state index contributed by atoms with van der Waals surface area (Å²) >= 11 is 0. The van der Waals surface area contributed by atoms with Crippen LogP contribution in [0.5, 0.6) is 23.0 Å². The number of amides is 2. The molecule has 0 aromatic heterocycles. The van der Waals surface area contributed by atoms with E-state index < -0.39 is 12.0 Å². The predicted molar refractivity (Wildman–Crippen MR) is 132 cm³/mol. The first kappa shape index (κ1) is 23.9. The Bertz CT molecular complexity index is 1220. The zero-order chi connectivity index (χ0) is 25.1. The van der Waals surface area contributed by atoms with Crippen LogP contribution in [-0.2, 0) is 4.79 Å². The predicted octanol–water partition coefficient (Wildman–Crippen LogP) is 4.27. The first-order valence-corrected chi connectivity index (χ1v) is 11.0. The number of fused-ring (bicyclic) bond motifs is 1. The van der Waals surface area contributed by atoms with Crippen molar-refractivity contribution in [3.8, 4) is 23.0 Å². The third kappa shape index (κ3) is 4.35. The van der Waals surface area contributed by atoms with Gasteiger partial charge in [0.05, 0.1) is 40.4 Å². The summed E-state index contributed by atoms with van der Waals surface area (Å²) in [6.07, 6.45) is 0. The molecule has 0 spiro atoms. The van der Waals surface area contributed by atoms with Gasteiger partial charge >= 0.3 is 0 Å². The van der Waals surface area contributed by atoms with Crippen LogP contribution in [0, 0.1) is 0 Å². The van der Waals surface area contributed by atoms with E-state index >= 15 is 0 Å². The van der Waals surface area contributed by atoms with Gasteiger partial charge in [-0.3, -0.25) is 9.59 Å². The molecule has 1 heterocycles. The number of nitrogens with one attached hydrogen (secondary N) is 1. The largest absolute Gasteiger partial charge is 0.497 e. The van der Waals surface area contributed by atoms with Crippen LogP contribution < -0.4 is 24.3 Å². The molecule has 182 valence electrons. The maximum absolute atomic E-state index is 13.9. The molecule has 1 N–H and O–H groups in total. The zero-order valence-corrected chi connectivity index (χ0v) is 20.3. The van der Waals surface area contributed by atoms with Gasteiger partial charge in [0.25, 0.3) is 5.91 Å². The Hall–Kier alpha value is -4.20. The van der Waals surface area contributed by atoms with Crippen molar-refractivity contribution in [3.63, 3.8) is 0 Å². The highest BCUT2D eigenvalue weighted by molar-refractivity contribution is 6.04. The highest BCUT2D eigenvalue weighted by Gasteiger charge is 2.42. The molecular formula is C27H28N2O6. The van der Waals surface area contributed by atoms with Gasteiger partial charge in [0.1, 0.15) is 5.75 Å². The van der Waals surface area contributed by atoms with E-state index in [9.17, 15) is 9.59 Å². The maximum Gasteiger partial charge on any atom is 0.254 e. The summed E-state index contributed by atoms with van der Waals surface area (Å²) in [6, 6.07) is 17.4. The lowest BCUT2D eigenvalue weighted by molar-refractivity contribution is -0.119. The van der Waals surface area contributed by atoms with Gasteiger partial charge in [-0.05, 0) is 29.3 Å². The molecule has 2 atom stereocenters. The van der Waals surface area contributed by atoms with Crippen molar-refractivity contribution in [3.05, 3.63) is 77.4 Å². The number of rotatable bonds is 7. The number of anilines is 1. The lowest BCUT2D eigenvalue weighted by Gasteiger charge is -2.39. The maximum atomic E-state index is 13.9. The van der Waals surface area contributed by atoms with E-state index in [2.05, 4.69) is 5.32 Å². The van der Waals surface area contributed by atoms with Crippen molar-refractivity contribution in [1.82, 2.24) is 4.90 Å². The standard InChI is InChI=1S/C27H28N2O6/c1-29-24(16-10-12-18(32-2)13-11-16)23(19-8-6-7-9-20(19)27(29)31)26(30)28-17-14-21(33-3)25(35-5)22(15-17)34-4/h6-15,23-24H,1-5H3,(H,28,30)/t23-,24-/m0/s1. The second kappa shape index (κ2) is 9.97. The van der Waals surface area contributed by atoms with E-state index in [-0.39, 0.29) is 11.8 Å². The molecule has 1 aliphatic rings. The third-order valence-corrected chi connectivity index (χ3v) is 6.25. The van der Waals surface area contributed by atoms with Crippen LogP contribution in [-0.4, -0.2) is 52.2 Å². The van der Waals surface area contributed by atoms with E-state index in [1.807, 2.05) is 36.4 Å². The van der Waals surface area contributed by atoms with Crippen LogP contribution >= 0.6 is 0 Å². The second-order valence-electron chi connectivity index (χ2n) is 8.10. The van der Waals surface area contributed by atoms with E-state index in [0.29, 0.717) is 39.8 Å². The topological polar surface area (TPSA) is 86.3 Å². The number of hydrogen-bond donors (Lipinski definition) is 1. The number of ether oxygens (including phenoxy) is 4. The smallest absolute Gasteiger partial charge is 0.254 e. The average Bonchev–Trinajstić information content (AvgIpc) is 2.89. The molecular weight excluding hydrogens is 448 g/mol. The fraction of sp³-hybridized carbons (Fsp3) is 0.259. The van der Waals surface area contributed by atoms with Crippen molar-refractivity contribution in [2.75, 3.05) is 40.8 Å². The van der Waals surface area contributed by atoms with Gasteiger partial charge in [0.15, 0.2) is 11.5 Å². The molecule has 0 saturated heterocycles. The number of carbonyl (C=O) groups excluding carboxylic acids is 2. The minimum atomic E-state index is -0.665. The zero-order valence-electron chi connectivity index (χ0n) is 20.3.